The van der Waals surface area contributed by atoms with E-state index in [9.17, 15) is 5.11 Å². The van der Waals surface area contributed by atoms with E-state index in [4.69, 9.17) is 4.74 Å². The van der Waals surface area contributed by atoms with Crippen LogP contribution in [0.3, 0.4) is 0 Å². The highest BCUT2D eigenvalue weighted by Gasteiger charge is 2.24. The van der Waals surface area contributed by atoms with Crippen LogP contribution in [0.5, 0.6) is 11.5 Å². The maximum Gasteiger partial charge on any atom is 0.127 e. The van der Waals surface area contributed by atoms with Crippen molar-refractivity contribution < 1.29 is 9.84 Å². The van der Waals surface area contributed by atoms with Crippen molar-refractivity contribution in [1.29, 1.82) is 0 Å². The maximum absolute atomic E-state index is 10.8. The van der Waals surface area contributed by atoms with Crippen LogP contribution in [-0.4, -0.2) is 29.6 Å². The Morgan fingerprint density at radius 3 is 2.22 bits per heavy atom. The van der Waals surface area contributed by atoms with Gasteiger partial charge in [0.05, 0.1) is 5.60 Å². The number of hydrogen-bond acceptors (Lipinski definition) is 3. The lowest BCUT2D eigenvalue weighted by molar-refractivity contribution is 0.0382. The Bertz CT molecular complexity index is 601. The van der Waals surface area contributed by atoms with Gasteiger partial charge in [0, 0.05) is 6.54 Å². The van der Waals surface area contributed by atoms with E-state index in [0.717, 1.165) is 30.0 Å². The number of likely N-dealkylation sites (tertiary alicyclic amines) is 1. The average Bonchev–Trinajstić information content (AvgIpc) is 3.08. The second-order valence-electron chi connectivity index (χ2n) is 6.51. The van der Waals surface area contributed by atoms with E-state index in [1.54, 1.807) is 0 Å². The lowest BCUT2D eigenvalue weighted by Crippen LogP contribution is -2.29. The number of hydrogen-bond donors (Lipinski definition) is 1. The molecule has 3 nitrogen and oxygen atoms in total. The highest BCUT2D eigenvalue weighted by Crippen LogP contribution is 2.28. The van der Waals surface area contributed by atoms with Gasteiger partial charge in [0.15, 0.2) is 0 Å². The van der Waals surface area contributed by atoms with Gasteiger partial charge in [0.25, 0.3) is 0 Å². The summed E-state index contributed by atoms with van der Waals surface area (Å²) in [6.45, 7) is 5.19. The normalized spacial score (nSPS) is 17.8. The van der Waals surface area contributed by atoms with Crippen LogP contribution in [0.4, 0.5) is 0 Å². The van der Waals surface area contributed by atoms with E-state index >= 15 is 0 Å². The van der Waals surface area contributed by atoms with E-state index in [1.165, 1.54) is 25.9 Å². The smallest absolute Gasteiger partial charge is 0.127 e. The van der Waals surface area contributed by atoms with Gasteiger partial charge in [-0.25, -0.2) is 0 Å². The molecule has 0 bridgehead atoms. The summed E-state index contributed by atoms with van der Waals surface area (Å²) in [6.07, 6.45) is 3.33. The van der Waals surface area contributed by atoms with Gasteiger partial charge in [-0.05, 0) is 69.1 Å². The zero-order valence-corrected chi connectivity index (χ0v) is 13.7. The van der Waals surface area contributed by atoms with Crippen LogP contribution in [0.15, 0.2) is 54.6 Å². The number of ether oxygens (including phenoxy) is 1. The fraction of sp³-hybridized carbons (Fsp3) is 0.400. The van der Waals surface area contributed by atoms with E-state index in [0.29, 0.717) is 0 Å². The van der Waals surface area contributed by atoms with E-state index in [1.807, 2.05) is 61.5 Å². The molecule has 1 heterocycles. The first-order chi connectivity index (χ1) is 11.1. The van der Waals surface area contributed by atoms with Crippen molar-refractivity contribution in [3.8, 4) is 11.5 Å². The predicted octanol–water partition coefficient (Wildman–Crippen LogP) is 4.17. The number of para-hydroxylation sites is 1. The predicted molar refractivity (Wildman–Crippen MR) is 92.8 cm³/mol. The summed E-state index contributed by atoms with van der Waals surface area (Å²) in [6, 6.07) is 17.5. The van der Waals surface area contributed by atoms with Gasteiger partial charge >= 0.3 is 0 Å². The van der Waals surface area contributed by atoms with E-state index in [-0.39, 0.29) is 0 Å². The molecule has 1 aliphatic rings. The molecule has 3 rings (SSSR count). The van der Waals surface area contributed by atoms with Crippen molar-refractivity contribution in [2.75, 3.05) is 19.6 Å². The Morgan fingerprint density at radius 1 is 0.957 bits per heavy atom. The molecule has 1 fully saturated rings. The van der Waals surface area contributed by atoms with Crippen LogP contribution in [0.2, 0.25) is 0 Å². The van der Waals surface area contributed by atoms with Crippen LogP contribution in [0.1, 0.15) is 31.7 Å². The largest absolute Gasteiger partial charge is 0.457 e. The van der Waals surface area contributed by atoms with Crippen molar-refractivity contribution in [3.05, 3.63) is 60.2 Å². The standard InChI is InChI=1S/C20H25NO2/c1-20(22,13-16-21-14-5-6-15-21)17-9-11-19(12-10-17)23-18-7-3-2-4-8-18/h2-4,7-12,22H,5-6,13-16H2,1H3. The number of aliphatic hydroxyl groups is 1. The molecule has 1 aliphatic heterocycles. The summed E-state index contributed by atoms with van der Waals surface area (Å²) in [7, 11) is 0. The fourth-order valence-electron chi connectivity index (χ4n) is 3.03. The minimum absolute atomic E-state index is 0.756. The van der Waals surface area contributed by atoms with E-state index in [2.05, 4.69) is 4.90 Å². The summed E-state index contributed by atoms with van der Waals surface area (Å²) in [5.74, 6) is 1.61. The first kappa shape index (κ1) is 16.0. The molecule has 23 heavy (non-hydrogen) atoms. The fourth-order valence-corrected chi connectivity index (χ4v) is 3.03. The SMILES string of the molecule is CC(O)(CCN1CCCC1)c1ccc(Oc2ccccc2)cc1. The Kier molecular flexibility index (Phi) is 4.99. The summed E-state index contributed by atoms with van der Waals surface area (Å²) >= 11 is 0. The van der Waals surface area contributed by atoms with Crippen LogP contribution >= 0.6 is 0 Å². The number of rotatable bonds is 6. The third-order valence-corrected chi connectivity index (χ3v) is 4.57. The molecular weight excluding hydrogens is 286 g/mol. The molecule has 1 atom stereocenters. The molecular formula is C20H25NO2. The van der Waals surface area contributed by atoms with Gasteiger partial charge in [0.2, 0.25) is 0 Å². The Hall–Kier alpha value is -1.84. The van der Waals surface area contributed by atoms with Crippen molar-refractivity contribution in [3.63, 3.8) is 0 Å². The summed E-state index contributed by atoms with van der Waals surface area (Å²) < 4.78 is 5.80. The highest BCUT2D eigenvalue weighted by atomic mass is 16.5. The Morgan fingerprint density at radius 2 is 1.57 bits per heavy atom. The van der Waals surface area contributed by atoms with Gasteiger partial charge in [-0.2, -0.15) is 0 Å². The summed E-state index contributed by atoms with van der Waals surface area (Å²) in [5.41, 5.74) is 0.144. The minimum atomic E-state index is -0.798. The van der Waals surface area contributed by atoms with Gasteiger partial charge in [-0.15, -0.1) is 0 Å². The third kappa shape index (κ3) is 4.34. The first-order valence-corrected chi connectivity index (χ1v) is 8.42. The van der Waals surface area contributed by atoms with E-state index < -0.39 is 5.60 Å². The maximum atomic E-state index is 10.8. The number of benzene rings is 2. The molecule has 2 aromatic rings. The molecule has 0 spiro atoms. The molecule has 0 amide bonds. The first-order valence-electron chi connectivity index (χ1n) is 8.42. The quantitative estimate of drug-likeness (QED) is 0.869. The zero-order chi connectivity index (χ0) is 16.1. The molecule has 2 aromatic carbocycles. The molecule has 0 saturated carbocycles. The van der Waals surface area contributed by atoms with Gasteiger partial charge in [-0.3, -0.25) is 0 Å². The lowest BCUT2D eigenvalue weighted by atomic mass is 9.92. The van der Waals surface area contributed by atoms with Gasteiger partial charge in [-0.1, -0.05) is 30.3 Å². The molecule has 0 aliphatic carbocycles. The van der Waals surface area contributed by atoms with Crippen molar-refractivity contribution in [2.24, 2.45) is 0 Å². The Labute approximate surface area is 138 Å². The molecule has 0 aromatic heterocycles. The van der Waals surface area contributed by atoms with Crippen molar-refractivity contribution in [1.82, 2.24) is 4.90 Å². The summed E-state index contributed by atoms with van der Waals surface area (Å²) in [4.78, 5) is 2.43. The Balaban J connectivity index is 1.61. The molecule has 1 unspecified atom stereocenters. The second kappa shape index (κ2) is 7.16. The third-order valence-electron chi connectivity index (χ3n) is 4.57. The van der Waals surface area contributed by atoms with Crippen LogP contribution < -0.4 is 4.74 Å². The monoisotopic (exact) mass is 311 g/mol. The molecule has 122 valence electrons. The summed E-state index contributed by atoms with van der Waals surface area (Å²) in [5, 5.41) is 10.8. The lowest BCUT2D eigenvalue weighted by Gasteiger charge is -2.26. The topological polar surface area (TPSA) is 32.7 Å². The zero-order valence-electron chi connectivity index (χ0n) is 13.7. The molecule has 0 radical (unpaired) electrons. The van der Waals surface area contributed by atoms with Crippen molar-refractivity contribution in [2.45, 2.75) is 31.8 Å². The van der Waals surface area contributed by atoms with Crippen LogP contribution in [0.25, 0.3) is 0 Å². The van der Waals surface area contributed by atoms with Crippen molar-refractivity contribution >= 4 is 0 Å². The van der Waals surface area contributed by atoms with Gasteiger partial charge < -0.3 is 14.7 Å². The van der Waals surface area contributed by atoms with Crippen LogP contribution in [0, 0.1) is 0 Å². The second-order valence-corrected chi connectivity index (χ2v) is 6.51. The van der Waals surface area contributed by atoms with Crippen LogP contribution in [-0.2, 0) is 5.60 Å². The number of nitrogens with zero attached hydrogens (tertiary/aromatic N) is 1. The molecule has 1 saturated heterocycles. The highest BCUT2D eigenvalue weighted by molar-refractivity contribution is 5.34. The van der Waals surface area contributed by atoms with Gasteiger partial charge in [0.1, 0.15) is 11.5 Å². The molecule has 3 heteroatoms. The molecule has 1 N–H and O–H groups in total. The average molecular weight is 311 g/mol. The minimum Gasteiger partial charge on any atom is -0.457 e.